The first-order valence-electron chi connectivity index (χ1n) is 7.33. The fourth-order valence-electron chi connectivity index (χ4n) is 3.14. The fraction of sp³-hybridized carbons (Fsp3) is 0.929. The van der Waals surface area contributed by atoms with E-state index in [1.54, 1.807) is 0 Å². The molecule has 2 fully saturated rings. The van der Waals surface area contributed by atoms with E-state index in [4.69, 9.17) is 0 Å². The van der Waals surface area contributed by atoms with Gasteiger partial charge in [0, 0.05) is 19.1 Å². The maximum Gasteiger partial charge on any atom is 0.317 e. The number of nitrogens with one attached hydrogen (secondary N) is 1. The molecule has 0 aromatic rings. The molecule has 3 heteroatoms. The Kier molecular flexibility index (Phi) is 4.69. The summed E-state index contributed by atoms with van der Waals surface area (Å²) in [5.41, 5.74) is 0. The van der Waals surface area contributed by atoms with Crippen LogP contribution in [0.4, 0.5) is 4.79 Å². The van der Waals surface area contributed by atoms with Crippen molar-refractivity contribution in [1.82, 2.24) is 10.2 Å². The summed E-state index contributed by atoms with van der Waals surface area (Å²) in [5, 5.41) is 3.21. The predicted molar refractivity (Wildman–Crippen MR) is 70.0 cm³/mol. The van der Waals surface area contributed by atoms with Crippen molar-refractivity contribution < 1.29 is 4.79 Å². The molecule has 0 bridgehead atoms. The molecule has 1 saturated heterocycles. The highest BCUT2D eigenvalue weighted by atomic mass is 16.2. The standard InChI is InChI=1S/C14H26N2O/c1-12(13-8-4-5-9-13)15-14(17)16-10-6-2-3-7-11-16/h12-13H,2-11H2,1H3,(H,15,17). The Morgan fingerprint density at radius 1 is 1.06 bits per heavy atom. The molecule has 3 nitrogen and oxygen atoms in total. The highest BCUT2D eigenvalue weighted by Crippen LogP contribution is 2.27. The van der Waals surface area contributed by atoms with Gasteiger partial charge in [0.2, 0.25) is 0 Å². The van der Waals surface area contributed by atoms with Gasteiger partial charge in [-0.2, -0.15) is 0 Å². The molecular weight excluding hydrogens is 212 g/mol. The fourth-order valence-corrected chi connectivity index (χ4v) is 3.14. The van der Waals surface area contributed by atoms with E-state index in [0.717, 1.165) is 13.1 Å². The van der Waals surface area contributed by atoms with Gasteiger partial charge in [-0.3, -0.25) is 0 Å². The maximum atomic E-state index is 12.1. The molecule has 1 atom stereocenters. The molecule has 0 spiro atoms. The predicted octanol–water partition coefficient (Wildman–Crippen LogP) is 3.15. The third-order valence-electron chi connectivity index (χ3n) is 4.35. The average Bonchev–Trinajstić information content (AvgIpc) is 2.71. The number of carbonyl (C=O) groups is 1. The smallest absolute Gasteiger partial charge is 0.317 e. The van der Waals surface area contributed by atoms with E-state index in [-0.39, 0.29) is 6.03 Å². The van der Waals surface area contributed by atoms with Gasteiger partial charge in [-0.05, 0) is 38.5 Å². The number of rotatable bonds is 2. The van der Waals surface area contributed by atoms with E-state index in [1.165, 1.54) is 51.4 Å². The highest BCUT2D eigenvalue weighted by molar-refractivity contribution is 5.74. The van der Waals surface area contributed by atoms with Crippen LogP contribution in [0.5, 0.6) is 0 Å². The van der Waals surface area contributed by atoms with Crippen molar-refractivity contribution in [3.8, 4) is 0 Å². The lowest BCUT2D eigenvalue weighted by Gasteiger charge is -2.26. The number of hydrogen-bond donors (Lipinski definition) is 1. The zero-order valence-corrected chi connectivity index (χ0v) is 11.1. The summed E-state index contributed by atoms with van der Waals surface area (Å²) in [5.74, 6) is 0.714. The summed E-state index contributed by atoms with van der Waals surface area (Å²) in [4.78, 5) is 14.1. The van der Waals surface area contributed by atoms with Crippen LogP contribution in [0.25, 0.3) is 0 Å². The Bertz CT molecular complexity index is 241. The minimum Gasteiger partial charge on any atom is -0.335 e. The zero-order chi connectivity index (χ0) is 12.1. The second kappa shape index (κ2) is 6.27. The van der Waals surface area contributed by atoms with Gasteiger partial charge in [-0.15, -0.1) is 0 Å². The van der Waals surface area contributed by atoms with Crippen molar-refractivity contribution in [1.29, 1.82) is 0 Å². The van der Waals surface area contributed by atoms with Gasteiger partial charge in [-0.25, -0.2) is 4.79 Å². The topological polar surface area (TPSA) is 32.3 Å². The minimum absolute atomic E-state index is 0.173. The number of likely N-dealkylation sites (tertiary alicyclic amines) is 1. The van der Waals surface area contributed by atoms with Gasteiger partial charge in [0.25, 0.3) is 0 Å². The molecule has 1 N–H and O–H groups in total. The number of amides is 2. The van der Waals surface area contributed by atoms with E-state index in [1.807, 2.05) is 4.90 Å². The van der Waals surface area contributed by atoms with Crippen LogP contribution in [0.1, 0.15) is 58.3 Å². The van der Waals surface area contributed by atoms with Gasteiger partial charge < -0.3 is 10.2 Å². The van der Waals surface area contributed by atoms with Crippen LogP contribution in [-0.4, -0.2) is 30.1 Å². The van der Waals surface area contributed by atoms with Crippen LogP contribution in [0.3, 0.4) is 0 Å². The third-order valence-corrected chi connectivity index (χ3v) is 4.35. The molecule has 0 aromatic heterocycles. The Balaban J connectivity index is 1.78. The SMILES string of the molecule is CC(NC(=O)N1CCCCCC1)C1CCCC1. The van der Waals surface area contributed by atoms with Crippen LogP contribution in [-0.2, 0) is 0 Å². The molecule has 1 unspecified atom stereocenters. The van der Waals surface area contributed by atoms with Gasteiger partial charge in [0.15, 0.2) is 0 Å². The lowest BCUT2D eigenvalue weighted by molar-refractivity contribution is 0.192. The molecule has 2 aliphatic rings. The van der Waals surface area contributed by atoms with Crippen LogP contribution in [0, 0.1) is 5.92 Å². The van der Waals surface area contributed by atoms with Crippen molar-refractivity contribution in [2.45, 2.75) is 64.3 Å². The average molecular weight is 238 g/mol. The Hall–Kier alpha value is -0.730. The number of nitrogens with zero attached hydrogens (tertiary/aromatic N) is 1. The van der Waals surface area contributed by atoms with Crippen LogP contribution < -0.4 is 5.32 Å². The van der Waals surface area contributed by atoms with Gasteiger partial charge in [0.05, 0.1) is 0 Å². The zero-order valence-electron chi connectivity index (χ0n) is 11.1. The lowest BCUT2D eigenvalue weighted by atomic mass is 10.0. The molecule has 2 rings (SSSR count). The Morgan fingerprint density at radius 3 is 2.24 bits per heavy atom. The molecule has 1 aliphatic carbocycles. The van der Waals surface area contributed by atoms with Gasteiger partial charge in [-0.1, -0.05) is 25.7 Å². The third kappa shape index (κ3) is 3.62. The first-order chi connectivity index (χ1) is 8.27. The summed E-state index contributed by atoms with van der Waals surface area (Å²) >= 11 is 0. The second-order valence-electron chi connectivity index (χ2n) is 5.68. The quantitative estimate of drug-likeness (QED) is 0.787. The van der Waals surface area contributed by atoms with Crippen LogP contribution in [0.15, 0.2) is 0 Å². The summed E-state index contributed by atoms with van der Waals surface area (Å²) in [6.07, 6.45) is 10.2. The molecule has 17 heavy (non-hydrogen) atoms. The van der Waals surface area contributed by atoms with Crippen LogP contribution in [0.2, 0.25) is 0 Å². The molecule has 2 amide bonds. The van der Waals surface area contributed by atoms with Crippen molar-refractivity contribution in [3.05, 3.63) is 0 Å². The monoisotopic (exact) mass is 238 g/mol. The lowest BCUT2D eigenvalue weighted by Crippen LogP contribution is -2.46. The number of carbonyl (C=O) groups excluding carboxylic acids is 1. The van der Waals surface area contributed by atoms with E-state index in [0.29, 0.717) is 12.0 Å². The second-order valence-corrected chi connectivity index (χ2v) is 5.68. The van der Waals surface area contributed by atoms with Crippen molar-refractivity contribution in [3.63, 3.8) is 0 Å². The summed E-state index contributed by atoms with van der Waals surface area (Å²) in [6.45, 7) is 4.07. The Morgan fingerprint density at radius 2 is 1.65 bits per heavy atom. The summed E-state index contributed by atoms with van der Waals surface area (Å²) in [7, 11) is 0. The first-order valence-corrected chi connectivity index (χ1v) is 7.33. The summed E-state index contributed by atoms with van der Waals surface area (Å²) in [6, 6.07) is 0.527. The maximum absolute atomic E-state index is 12.1. The molecule has 1 saturated carbocycles. The van der Waals surface area contributed by atoms with E-state index in [2.05, 4.69) is 12.2 Å². The van der Waals surface area contributed by atoms with Crippen molar-refractivity contribution >= 4 is 6.03 Å². The number of hydrogen-bond acceptors (Lipinski definition) is 1. The normalized spacial score (nSPS) is 24.4. The largest absolute Gasteiger partial charge is 0.335 e. The molecule has 0 radical (unpaired) electrons. The van der Waals surface area contributed by atoms with Crippen molar-refractivity contribution in [2.24, 2.45) is 5.92 Å². The molecule has 1 heterocycles. The highest BCUT2D eigenvalue weighted by Gasteiger charge is 2.24. The molecule has 0 aromatic carbocycles. The van der Waals surface area contributed by atoms with E-state index < -0.39 is 0 Å². The minimum atomic E-state index is 0.173. The summed E-state index contributed by atoms with van der Waals surface area (Å²) < 4.78 is 0. The van der Waals surface area contributed by atoms with E-state index >= 15 is 0 Å². The first kappa shape index (κ1) is 12.7. The van der Waals surface area contributed by atoms with Gasteiger partial charge in [0.1, 0.15) is 0 Å². The van der Waals surface area contributed by atoms with E-state index in [9.17, 15) is 4.79 Å². The van der Waals surface area contributed by atoms with Crippen LogP contribution >= 0.6 is 0 Å². The molecule has 1 aliphatic heterocycles. The Labute approximate surface area is 105 Å². The van der Waals surface area contributed by atoms with Crippen molar-refractivity contribution in [2.75, 3.05) is 13.1 Å². The molecular formula is C14H26N2O. The number of urea groups is 1. The molecule has 98 valence electrons. The van der Waals surface area contributed by atoms with Gasteiger partial charge >= 0.3 is 6.03 Å².